The van der Waals surface area contributed by atoms with Crippen LogP contribution in [0.15, 0.2) is 110 Å². The molecule has 4 aromatic rings. The number of rotatable bonds is 10. The van der Waals surface area contributed by atoms with E-state index in [9.17, 15) is 0 Å². The zero-order valence-electron chi connectivity index (χ0n) is 24.3. The van der Waals surface area contributed by atoms with Gasteiger partial charge in [-0.15, -0.1) is 13.2 Å². The molecule has 2 aliphatic carbocycles. The van der Waals surface area contributed by atoms with Gasteiger partial charge in [0.15, 0.2) is 0 Å². The van der Waals surface area contributed by atoms with Crippen molar-refractivity contribution < 1.29 is 4.74 Å². The molecule has 0 radical (unpaired) electrons. The Bertz CT molecular complexity index is 1380. The van der Waals surface area contributed by atoms with Crippen LogP contribution in [-0.4, -0.2) is 0 Å². The molecule has 0 aliphatic heterocycles. The van der Waals surface area contributed by atoms with Gasteiger partial charge < -0.3 is 4.74 Å². The van der Waals surface area contributed by atoms with Crippen molar-refractivity contribution in [2.45, 2.75) is 76.4 Å². The summed E-state index contributed by atoms with van der Waals surface area (Å²) in [4.78, 5) is 0. The highest BCUT2D eigenvalue weighted by molar-refractivity contribution is 5.49. The van der Waals surface area contributed by atoms with E-state index in [1.165, 1.54) is 94.2 Å². The Kier molecular flexibility index (Phi) is 8.63. The molecule has 2 aliphatic rings. The highest BCUT2D eigenvalue weighted by atomic mass is 16.5. The molecule has 0 saturated heterocycles. The summed E-state index contributed by atoms with van der Waals surface area (Å²) in [6.45, 7) is 8.31. The second-order valence-electron chi connectivity index (χ2n) is 11.7. The molecule has 6 rings (SSSR count). The molecular weight excluding hydrogens is 496 g/mol. The average molecular weight is 539 g/mol. The molecule has 0 aromatic heterocycles. The molecule has 2 unspecified atom stereocenters. The second-order valence-corrected chi connectivity index (χ2v) is 11.7. The summed E-state index contributed by atoms with van der Waals surface area (Å²) in [5.74, 6) is 0. The number of hydrogen-bond donors (Lipinski definition) is 0. The first-order valence-electron chi connectivity index (χ1n) is 15.5. The zero-order valence-corrected chi connectivity index (χ0v) is 24.3. The lowest BCUT2D eigenvalue weighted by Crippen LogP contribution is -2.19. The summed E-state index contributed by atoms with van der Waals surface area (Å²) < 4.78 is 7.48. The van der Waals surface area contributed by atoms with Crippen molar-refractivity contribution in [3.63, 3.8) is 0 Å². The molecule has 0 heterocycles. The molecule has 0 amide bonds. The summed E-state index contributed by atoms with van der Waals surface area (Å²) in [7, 11) is 0. The molecule has 4 aromatic carbocycles. The third-order valence-corrected chi connectivity index (χ3v) is 9.11. The van der Waals surface area contributed by atoms with Crippen LogP contribution < -0.4 is 0 Å². The van der Waals surface area contributed by atoms with Gasteiger partial charge in [0.1, 0.15) is 12.2 Å². The van der Waals surface area contributed by atoms with Gasteiger partial charge in [0.05, 0.1) is 0 Å². The van der Waals surface area contributed by atoms with Crippen LogP contribution in [0.4, 0.5) is 0 Å². The third-order valence-electron chi connectivity index (χ3n) is 9.11. The largest absolute Gasteiger partial charge is 0.356 e. The van der Waals surface area contributed by atoms with E-state index in [0.717, 1.165) is 25.7 Å². The minimum atomic E-state index is -0.198. The van der Waals surface area contributed by atoms with Gasteiger partial charge in [0.25, 0.3) is 0 Å². The predicted molar refractivity (Wildman–Crippen MR) is 172 cm³/mol. The molecule has 0 fully saturated rings. The first-order chi connectivity index (χ1) is 20.3. The first kappa shape index (κ1) is 27.5. The van der Waals surface area contributed by atoms with Crippen molar-refractivity contribution in [1.29, 1.82) is 0 Å². The highest BCUT2D eigenvalue weighted by Crippen LogP contribution is 2.42. The molecule has 0 N–H and O–H groups in total. The summed E-state index contributed by atoms with van der Waals surface area (Å²) in [5, 5.41) is 0. The number of benzene rings is 4. The van der Waals surface area contributed by atoms with Gasteiger partial charge in [-0.3, -0.25) is 0 Å². The van der Waals surface area contributed by atoms with Crippen molar-refractivity contribution in [2.24, 2.45) is 0 Å². The van der Waals surface area contributed by atoms with Crippen molar-refractivity contribution in [2.75, 3.05) is 0 Å². The Morgan fingerprint density at radius 2 is 0.951 bits per heavy atom. The van der Waals surface area contributed by atoms with Gasteiger partial charge >= 0.3 is 0 Å². The van der Waals surface area contributed by atoms with Gasteiger partial charge in [0, 0.05) is 0 Å². The van der Waals surface area contributed by atoms with Gasteiger partial charge in [0.2, 0.25) is 0 Å². The molecule has 208 valence electrons. The standard InChI is InChI=1S/C40H42O/c1-3-15-35-33-23-13-11-17-29(33)25-27-37(35)39(31-19-7-5-8-20-31)41-40(32-21-9-6-10-22-32)38-28-26-30-18-12-14-24-34(30)36(38)16-4-2/h3-10,19-22,25-28,39-40H,1-2,11-18,23-24H2. The molecule has 0 spiro atoms. The number of aryl methyl sites for hydroxylation is 2. The maximum atomic E-state index is 7.48. The van der Waals surface area contributed by atoms with Crippen LogP contribution in [0.5, 0.6) is 0 Å². The van der Waals surface area contributed by atoms with Crippen LogP contribution in [0, 0.1) is 0 Å². The quantitative estimate of drug-likeness (QED) is 0.183. The second kappa shape index (κ2) is 12.9. The van der Waals surface area contributed by atoms with Gasteiger partial charge in [-0.2, -0.15) is 0 Å². The Balaban J connectivity index is 1.53. The molecule has 2 atom stereocenters. The van der Waals surface area contributed by atoms with E-state index in [1.807, 2.05) is 0 Å². The van der Waals surface area contributed by atoms with Crippen LogP contribution >= 0.6 is 0 Å². The lowest BCUT2D eigenvalue weighted by atomic mass is 9.81. The third kappa shape index (κ3) is 5.74. The normalized spacial score (nSPS) is 15.8. The van der Waals surface area contributed by atoms with E-state index >= 15 is 0 Å². The monoisotopic (exact) mass is 538 g/mol. The summed E-state index contributed by atoms with van der Waals surface area (Å²) in [6, 6.07) is 31.1. The van der Waals surface area contributed by atoms with E-state index in [-0.39, 0.29) is 12.2 Å². The van der Waals surface area contributed by atoms with Gasteiger partial charge in [-0.05, 0) is 120 Å². The van der Waals surface area contributed by atoms with Crippen LogP contribution in [0.25, 0.3) is 0 Å². The Morgan fingerprint density at radius 1 is 0.537 bits per heavy atom. The minimum absolute atomic E-state index is 0.198. The molecule has 0 saturated carbocycles. The van der Waals surface area contributed by atoms with Gasteiger partial charge in [-0.1, -0.05) is 97.1 Å². The van der Waals surface area contributed by atoms with Crippen molar-refractivity contribution in [3.8, 4) is 0 Å². The molecule has 1 heteroatoms. The molecule has 1 nitrogen and oxygen atoms in total. The van der Waals surface area contributed by atoms with Crippen LogP contribution in [0.1, 0.15) is 93.5 Å². The fourth-order valence-corrected chi connectivity index (χ4v) is 7.16. The summed E-state index contributed by atoms with van der Waals surface area (Å²) >= 11 is 0. The smallest absolute Gasteiger partial charge is 0.109 e. The van der Waals surface area contributed by atoms with E-state index < -0.39 is 0 Å². The SMILES string of the molecule is C=CCc1c(C(OC(c2ccccc2)c2ccc3c(c2CC=C)CCCC3)c2ccccc2)ccc2c1CCCC2. The number of hydrogen-bond acceptors (Lipinski definition) is 1. The maximum Gasteiger partial charge on any atom is 0.109 e. The highest BCUT2D eigenvalue weighted by Gasteiger charge is 2.29. The fraction of sp³-hybridized carbons (Fsp3) is 0.300. The summed E-state index contributed by atoms with van der Waals surface area (Å²) in [5.41, 5.74) is 13.8. The van der Waals surface area contributed by atoms with Crippen LogP contribution in [0.2, 0.25) is 0 Å². The first-order valence-corrected chi connectivity index (χ1v) is 15.5. The number of ether oxygens (including phenoxy) is 1. The van der Waals surface area contributed by atoms with E-state index in [0.29, 0.717) is 0 Å². The van der Waals surface area contributed by atoms with E-state index in [1.54, 1.807) is 0 Å². The lowest BCUT2D eigenvalue weighted by molar-refractivity contribution is 0.0299. The predicted octanol–water partition coefficient (Wildman–Crippen LogP) is 9.80. The lowest BCUT2D eigenvalue weighted by Gasteiger charge is -2.32. The van der Waals surface area contributed by atoms with Gasteiger partial charge in [-0.25, -0.2) is 0 Å². The number of fused-ring (bicyclic) bond motifs is 2. The maximum absolute atomic E-state index is 7.48. The number of allylic oxidation sites excluding steroid dienone is 2. The van der Waals surface area contributed by atoms with Crippen LogP contribution in [0.3, 0.4) is 0 Å². The summed E-state index contributed by atoms with van der Waals surface area (Å²) in [6.07, 6.45) is 15.1. The van der Waals surface area contributed by atoms with Crippen molar-refractivity contribution in [3.05, 3.63) is 166 Å². The fourth-order valence-electron chi connectivity index (χ4n) is 7.16. The van der Waals surface area contributed by atoms with Crippen molar-refractivity contribution in [1.82, 2.24) is 0 Å². The average Bonchev–Trinajstić information content (AvgIpc) is 3.04. The molecule has 0 bridgehead atoms. The Hall–Kier alpha value is -3.68. The minimum Gasteiger partial charge on any atom is -0.356 e. The molecular formula is C40H42O. The Labute approximate surface area is 246 Å². The van der Waals surface area contributed by atoms with Crippen molar-refractivity contribution >= 4 is 0 Å². The zero-order chi connectivity index (χ0) is 28.0. The van der Waals surface area contributed by atoms with Crippen LogP contribution in [-0.2, 0) is 43.3 Å². The van der Waals surface area contributed by atoms with E-state index in [4.69, 9.17) is 4.74 Å². The molecule has 41 heavy (non-hydrogen) atoms. The topological polar surface area (TPSA) is 9.23 Å². The Morgan fingerprint density at radius 3 is 1.37 bits per heavy atom. The van der Waals surface area contributed by atoms with E-state index in [2.05, 4.69) is 110 Å².